The van der Waals surface area contributed by atoms with Crippen LogP contribution in [0.3, 0.4) is 0 Å². The van der Waals surface area contributed by atoms with Gasteiger partial charge in [0.2, 0.25) is 11.8 Å². The van der Waals surface area contributed by atoms with Crippen molar-refractivity contribution in [1.82, 2.24) is 15.4 Å². The quantitative estimate of drug-likeness (QED) is 0.392. The van der Waals surface area contributed by atoms with Gasteiger partial charge in [-0.25, -0.2) is 4.72 Å². The average molecular weight is 458 g/mol. The van der Waals surface area contributed by atoms with Gasteiger partial charge in [0.1, 0.15) is 0 Å². The van der Waals surface area contributed by atoms with Crippen molar-refractivity contribution in [2.75, 3.05) is 13.6 Å². The number of hydrogen-bond acceptors (Lipinski definition) is 4. The number of likely N-dealkylation sites (N-methyl/N-ethyl adjacent to an activating group) is 1. The van der Waals surface area contributed by atoms with Crippen LogP contribution in [0, 0.1) is 25.7 Å². The molecule has 0 aliphatic carbocycles. The Morgan fingerprint density at radius 1 is 0.938 bits per heavy atom. The summed E-state index contributed by atoms with van der Waals surface area (Å²) in [5.74, 6) is 0.0164. The molecule has 0 saturated carbocycles. The second kappa shape index (κ2) is 21.5. The van der Waals surface area contributed by atoms with Gasteiger partial charge in [0, 0.05) is 11.9 Å². The Bertz CT molecular complexity index is 734. The Kier molecular flexibility index (Phi) is 21.1. The van der Waals surface area contributed by atoms with E-state index in [-0.39, 0.29) is 24.4 Å². The molecule has 0 bridgehead atoms. The zero-order valence-corrected chi connectivity index (χ0v) is 21.0. The van der Waals surface area contributed by atoms with Gasteiger partial charge in [0.25, 0.3) is 0 Å². The van der Waals surface area contributed by atoms with Crippen molar-refractivity contribution in [3.05, 3.63) is 66.2 Å². The van der Waals surface area contributed by atoms with Gasteiger partial charge in [0.05, 0.1) is 12.6 Å². The average Bonchev–Trinajstić information content (AvgIpc) is 2.83. The number of benzene rings is 2. The van der Waals surface area contributed by atoms with Crippen molar-refractivity contribution >= 4 is 23.8 Å². The first kappa shape index (κ1) is 31.4. The predicted molar refractivity (Wildman–Crippen MR) is 138 cm³/mol. The van der Waals surface area contributed by atoms with E-state index in [1.807, 2.05) is 62.4 Å². The largest absolute Gasteiger partial charge is 0.358 e. The van der Waals surface area contributed by atoms with Gasteiger partial charge in [-0.05, 0) is 43.3 Å². The van der Waals surface area contributed by atoms with Crippen LogP contribution in [0.15, 0.2) is 65.6 Å². The van der Waals surface area contributed by atoms with Crippen LogP contribution in [0.4, 0.5) is 0 Å². The smallest absolute Gasteiger partial charge is 0.239 e. The fourth-order valence-electron chi connectivity index (χ4n) is 2.22. The van der Waals surface area contributed by atoms with Crippen LogP contribution in [-0.4, -0.2) is 31.4 Å². The molecule has 3 N–H and O–H groups in total. The van der Waals surface area contributed by atoms with E-state index < -0.39 is 0 Å². The van der Waals surface area contributed by atoms with Crippen molar-refractivity contribution < 1.29 is 9.59 Å². The third-order valence-corrected chi connectivity index (χ3v) is 4.64. The van der Waals surface area contributed by atoms with Gasteiger partial charge >= 0.3 is 0 Å². The molecule has 0 aromatic heterocycles. The molecular formula is C26H39N3O2S. The molecule has 32 heavy (non-hydrogen) atoms. The fourth-order valence-corrected chi connectivity index (χ4v) is 3.00. The van der Waals surface area contributed by atoms with E-state index >= 15 is 0 Å². The summed E-state index contributed by atoms with van der Waals surface area (Å²) < 4.78 is 3.18. The number of carbonyl (C=O) groups is 2. The Labute approximate surface area is 199 Å². The minimum absolute atomic E-state index is 0.00160. The Hall–Kier alpha value is -2.75. The van der Waals surface area contributed by atoms with Crippen LogP contribution in [0.2, 0.25) is 0 Å². The van der Waals surface area contributed by atoms with E-state index in [2.05, 4.69) is 61.1 Å². The molecule has 2 aromatic carbocycles. The van der Waals surface area contributed by atoms with E-state index in [0.29, 0.717) is 12.3 Å². The summed E-state index contributed by atoms with van der Waals surface area (Å²) in [4.78, 5) is 24.4. The number of aryl methyl sites for hydroxylation is 1. The Morgan fingerprint density at radius 3 is 1.84 bits per heavy atom. The number of terminal acetylenes is 1. The number of hydrogen-bond donors (Lipinski definition) is 3. The van der Waals surface area contributed by atoms with E-state index in [9.17, 15) is 9.59 Å². The first-order chi connectivity index (χ1) is 15.4. The first-order valence-electron chi connectivity index (χ1n) is 10.7. The van der Waals surface area contributed by atoms with Gasteiger partial charge in [0.15, 0.2) is 0 Å². The highest BCUT2D eigenvalue weighted by Gasteiger charge is 2.20. The van der Waals surface area contributed by atoms with Crippen molar-refractivity contribution in [2.45, 2.75) is 52.0 Å². The van der Waals surface area contributed by atoms with E-state index in [4.69, 9.17) is 0 Å². The molecule has 2 rings (SSSR count). The number of carbonyl (C=O) groups excluding carboxylic acids is 2. The zero-order valence-electron chi connectivity index (χ0n) is 20.2. The minimum Gasteiger partial charge on any atom is -0.358 e. The maximum Gasteiger partial charge on any atom is 0.239 e. The molecular weight excluding hydrogens is 418 g/mol. The zero-order chi connectivity index (χ0) is 24.8. The van der Waals surface area contributed by atoms with Crippen LogP contribution in [-0.2, 0) is 9.59 Å². The molecule has 0 radical (unpaired) electrons. The molecule has 0 spiro atoms. The molecule has 176 valence electrons. The van der Waals surface area contributed by atoms with E-state index in [1.54, 1.807) is 7.05 Å². The first-order valence-corrected chi connectivity index (χ1v) is 11.5. The summed E-state index contributed by atoms with van der Waals surface area (Å²) in [5, 5.41) is 5.13. The summed E-state index contributed by atoms with van der Waals surface area (Å²) in [7, 11) is 1.55. The molecule has 0 fully saturated rings. The maximum absolute atomic E-state index is 12.2. The Morgan fingerprint density at radius 2 is 1.44 bits per heavy atom. The molecule has 0 aliphatic heterocycles. The molecule has 0 saturated heterocycles. The van der Waals surface area contributed by atoms with Crippen LogP contribution in [0.5, 0.6) is 0 Å². The lowest BCUT2D eigenvalue weighted by Gasteiger charge is -2.19. The molecule has 6 heteroatoms. The van der Waals surface area contributed by atoms with Crippen LogP contribution < -0.4 is 15.4 Å². The van der Waals surface area contributed by atoms with Crippen molar-refractivity contribution in [3.8, 4) is 12.8 Å². The van der Waals surface area contributed by atoms with Crippen molar-refractivity contribution in [2.24, 2.45) is 5.92 Å². The lowest BCUT2D eigenvalue weighted by molar-refractivity contribution is -0.127. The summed E-state index contributed by atoms with van der Waals surface area (Å²) in [6.07, 6.45) is 8.71. The third-order valence-electron chi connectivity index (χ3n) is 3.73. The molecule has 0 aliphatic rings. The summed E-state index contributed by atoms with van der Waals surface area (Å²) in [6, 6.07) is 19.7. The highest BCUT2D eigenvalue weighted by atomic mass is 32.2. The molecule has 2 amide bonds. The highest BCUT2D eigenvalue weighted by molar-refractivity contribution is 7.97. The van der Waals surface area contributed by atoms with Crippen LogP contribution in [0.1, 0.15) is 39.7 Å². The topological polar surface area (TPSA) is 70.2 Å². The second-order valence-electron chi connectivity index (χ2n) is 6.76. The number of amides is 2. The molecule has 0 heterocycles. The van der Waals surface area contributed by atoms with Gasteiger partial charge in [-0.15, -0.1) is 12.8 Å². The van der Waals surface area contributed by atoms with E-state index in [1.165, 1.54) is 17.5 Å². The standard InChI is InChI=1S/C15H23N3O2S.C7H8.C2H6.C2H2/c1-11(2)9-13(15(20)17-10-14(19)16-3)18-21-12-7-5-4-6-8-12;1-7-5-3-2-4-6-7;2*1-2/h4-8,11,13,18H,9-10H2,1-3H3,(H,16,19)(H,17,20);2-6H,1H3;1-2H3;1-2H/t13-;;;/m0.../s1. The fraction of sp³-hybridized carbons (Fsp3) is 0.385. The molecule has 1 atom stereocenters. The highest BCUT2D eigenvalue weighted by Crippen LogP contribution is 2.16. The van der Waals surface area contributed by atoms with Crippen LogP contribution >= 0.6 is 11.9 Å². The minimum atomic E-state index is -0.333. The SMILES string of the molecule is C#C.CC.CNC(=O)CNC(=O)[C@H](CC(C)C)NSc1ccccc1.Cc1ccccc1. The predicted octanol–water partition coefficient (Wildman–Crippen LogP) is 4.83. The van der Waals surface area contributed by atoms with Gasteiger partial charge in [-0.2, -0.15) is 0 Å². The monoisotopic (exact) mass is 457 g/mol. The normalized spacial score (nSPS) is 10.0. The molecule has 5 nitrogen and oxygen atoms in total. The third kappa shape index (κ3) is 17.0. The van der Waals surface area contributed by atoms with E-state index in [0.717, 1.165) is 4.90 Å². The van der Waals surface area contributed by atoms with Gasteiger partial charge in [-0.3, -0.25) is 9.59 Å². The summed E-state index contributed by atoms with van der Waals surface area (Å²) in [5.41, 5.74) is 1.32. The van der Waals surface area contributed by atoms with Crippen molar-refractivity contribution in [1.29, 1.82) is 0 Å². The lowest BCUT2D eigenvalue weighted by Crippen LogP contribution is -2.45. The Balaban J connectivity index is 0. The summed E-state index contributed by atoms with van der Waals surface area (Å²) >= 11 is 1.43. The summed E-state index contributed by atoms with van der Waals surface area (Å²) in [6.45, 7) is 10.2. The number of nitrogens with one attached hydrogen (secondary N) is 3. The second-order valence-corrected chi connectivity index (χ2v) is 7.67. The number of rotatable bonds is 8. The van der Waals surface area contributed by atoms with Crippen molar-refractivity contribution in [3.63, 3.8) is 0 Å². The molecule has 2 aromatic rings. The van der Waals surface area contributed by atoms with Crippen LogP contribution in [0.25, 0.3) is 0 Å². The van der Waals surface area contributed by atoms with Gasteiger partial charge < -0.3 is 10.6 Å². The molecule has 0 unspecified atom stereocenters. The van der Waals surface area contributed by atoms with Gasteiger partial charge in [-0.1, -0.05) is 81.8 Å². The maximum atomic E-state index is 12.2. The lowest BCUT2D eigenvalue weighted by atomic mass is 10.0.